The molecule has 0 saturated carbocycles. The summed E-state index contributed by atoms with van der Waals surface area (Å²) in [6, 6.07) is 9.85. The van der Waals surface area contributed by atoms with Crippen molar-refractivity contribution in [1.82, 2.24) is 4.98 Å². The van der Waals surface area contributed by atoms with Crippen LogP contribution in [0, 0.1) is 11.8 Å². The van der Waals surface area contributed by atoms with Crippen LogP contribution in [-0.2, 0) is 11.2 Å². The first kappa shape index (κ1) is 12.2. The van der Waals surface area contributed by atoms with Gasteiger partial charge in [0.25, 0.3) is 0 Å². The highest BCUT2D eigenvalue weighted by Gasteiger charge is 2.06. The molecule has 1 amide bonds. The van der Waals surface area contributed by atoms with E-state index < -0.39 is 11.8 Å². The van der Waals surface area contributed by atoms with Gasteiger partial charge < -0.3 is 5.32 Å². The number of nitrogens with one attached hydrogen (secondary N) is 1. The lowest BCUT2D eigenvalue weighted by molar-refractivity contribution is -0.115. The van der Waals surface area contributed by atoms with Crippen molar-refractivity contribution < 1.29 is 13.6 Å². The smallest absolute Gasteiger partial charge is 0.229 e. The minimum atomic E-state index is -0.668. The second-order valence-electron chi connectivity index (χ2n) is 3.70. The zero-order valence-corrected chi connectivity index (χ0v) is 9.36. The molecule has 0 unspecified atom stereocenters. The summed E-state index contributed by atoms with van der Waals surface area (Å²) in [4.78, 5) is 15.1. The number of benzene rings is 1. The summed E-state index contributed by atoms with van der Waals surface area (Å²) in [6.07, 6.45) is 0.00987. The van der Waals surface area contributed by atoms with Gasteiger partial charge in [-0.1, -0.05) is 18.2 Å². The van der Waals surface area contributed by atoms with Gasteiger partial charge in [-0.3, -0.25) is 4.79 Å². The zero-order chi connectivity index (χ0) is 13.0. The maximum absolute atomic E-state index is 12.9. The van der Waals surface area contributed by atoms with Crippen molar-refractivity contribution in [3.8, 4) is 0 Å². The molecule has 5 heteroatoms. The summed E-state index contributed by atoms with van der Waals surface area (Å²) in [5.74, 6) is -1.31. The Balaban J connectivity index is 2.01. The molecule has 1 aromatic heterocycles. The maximum Gasteiger partial charge on any atom is 0.229 e. The Morgan fingerprint density at radius 1 is 1.17 bits per heavy atom. The third-order valence-electron chi connectivity index (χ3n) is 2.24. The largest absolute Gasteiger partial charge is 0.310 e. The molecule has 0 atom stereocenters. The van der Waals surface area contributed by atoms with E-state index in [1.165, 1.54) is 36.4 Å². The van der Waals surface area contributed by atoms with Gasteiger partial charge in [0.15, 0.2) is 0 Å². The minimum Gasteiger partial charge on any atom is -0.310 e. The summed E-state index contributed by atoms with van der Waals surface area (Å²) >= 11 is 0. The van der Waals surface area contributed by atoms with Gasteiger partial charge in [0.2, 0.25) is 11.9 Å². The molecule has 3 nitrogen and oxygen atoms in total. The number of hydrogen-bond donors (Lipinski definition) is 1. The Kier molecular flexibility index (Phi) is 3.62. The fourth-order valence-corrected chi connectivity index (χ4v) is 1.50. The lowest BCUT2D eigenvalue weighted by Gasteiger charge is -2.04. The fraction of sp³-hybridized carbons (Fsp3) is 0.0769. The molecule has 92 valence electrons. The third-order valence-corrected chi connectivity index (χ3v) is 2.24. The Bertz CT molecular complexity index is 523. The van der Waals surface area contributed by atoms with Gasteiger partial charge in [-0.15, -0.1) is 0 Å². The molecule has 2 aromatic rings. The van der Waals surface area contributed by atoms with Crippen molar-refractivity contribution in [2.45, 2.75) is 6.42 Å². The average Bonchev–Trinajstić information content (AvgIpc) is 2.28. The Morgan fingerprint density at radius 2 is 1.94 bits per heavy atom. The van der Waals surface area contributed by atoms with E-state index in [-0.39, 0.29) is 18.1 Å². The molecule has 0 aliphatic carbocycles. The third kappa shape index (κ3) is 3.35. The number of amides is 1. The van der Waals surface area contributed by atoms with Crippen LogP contribution in [0.2, 0.25) is 0 Å². The van der Waals surface area contributed by atoms with Gasteiger partial charge >= 0.3 is 0 Å². The summed E-state index contributed by atoms with van der Waals surface area (Å²) < 4.78 is 25.7. The number of carbonyl (C=O) groups excluding carboxylic acids is 1. The molecule has 0 saturated heterocycles. The van der Waals surface area contributed by atoms with Crippen LogP contribution >= 0.6 is 0 Å². The molecule has 0 bridgehead atoms. The van der Waals surface area contributed by atoms with Crippen molar-refractivity contribution >= 4 is 11.7 Å². The Hall–Kier alpha value is -2.30. The van der Waals surface area contributed by atoms with Crippen LogP contribution < -0.4 is 5.32 Å². The van der Waals surface area contributed by atoms with Crippen molar-refractivity contribution in [3.05, 3.63) is 59.8 Å². The first-order valence-corrected chi connectivity index (χ1v) is 5.30. The van der Waals surface area contributed by atoms with Crippen molar-refractivity contribution in [1.29, 1.82) is 0 Å². The fourth-order valence-electron chi connectivity index (χ4n) is 1.50. The van der Waals surface area contributed by atoms with E-state index in [9.17, 15) is 13.6 Å². The number of aromatic nitrogens is 1. The minimum absolute atomic E-state index is 0.00987. The molecule has 0 fully saturated rings. The highest BCUT2D eigenvalue weighted by Crippen LogP contribution is 2.07. The van der Waals surface area contributed by atoms with Crippen molar-refractivity contribution in [3.63, 3.8) is 0 Å². The molecule has 0 aliphatic rings. The molecule has 18 heavy (non-hydrogen) atoms. The normalized spacial score (nSPS) is 10.1. The molecular formula is C13H10F2N2O. The lowest BCUT2D eigenvalue weighted by atomic mass is 10.1. The molecule has 0 spiro atoms. The number of pyridine rings is 1. The van der Waals surface area contributed by atoms with E-state index in [2.05, 4.69) is 10.3 Å². The van der Waals surface area contributed by atoms with Crippen LogP contribution in [0.25, 0.3) is 0 Å². The second kappa shape index (κ2) is 5.35. The Labute approximate surface area is 102 Å². The number of halogens is 2. The summed E-state index contributed by atoms with van der Waals surface area (Å²) in [6.45, 7) is 0. The average molecular weight is 248 g/mol. The van der Waals surface area contributed by atoms with Crippen LogP contribution in [0.1, 0.15) is 5.56 Å². The number of rotatable bonds is 3. The highest BCUT2D eigenvalue weighted by atomic mass is 19.1. The van der Waals surface area contributed by atoms with Gasteiger partial charge in [-0.05, 0) is 29.8 Å². The predicted octanol–water partition coefficient (Wildman–Crippen LogP) is 2.54. The molecule has 0 radical (unpaired) electrons. The van der Waals surface area contributed by atoms with Gasteiger partial charge in [0, 0.05) is 0 Å². The lowest BCUT2D eigenvalue weighted by Crippen LogP contribution is -2.15. The standard InChI is InChI=1S/C13H10F2N2O/c14-10-4-1-3-9(7-10)8-13(18)17-12-6-2-5-11(15)16-12/h1-7H,8H2,(H,16,17,18). The highest BCUT2D eigenvalue weighted by molar-refractivity contribution is 5.91. The van der Waals surface area contributed by atoms with Crippen LogP contribution in [0.3, 0.4) is 0 Å². The zero-order valence-electron chi connectivity index (χ0n) is 9.36. The quantitative estimate of drug-likeness (QED) is 0.848. The van der Waals surface area contributed by atoms with Crippen molar-refractivity contribution in [2.75, 3.05) is 5.32 Å². The van der Waals surface area contributed by atoms with E-state index in [1.54, 1.807) is 6.07 Å². The van der Waals surface area contributed by atoms with E-state index in [1.807, 2.05) is 0 Å². The van der Waals surface area contributed by atoms with E-state index in [0.717, 1.165) is 0 Å². The number of anilines is 1. The van der Waals surface area contributed by atoms with Crippen LogP contribution in [0.5, 0.6) is 0 Å². The predicted molar refractivity (Wildman–Crippen MR) is 62.9 cm³/mol. The molecule has 1 N–H and O–H groups in total. The summed E-state index contributed by atoms with van der Waals surface area (Å²) in [5, 5.41) is 2.44. The van der Waals surface area contributed by atoms with Gasteiger partial charge in [0.1, 0.15) is 11.6 Å². The SMILES string of the molecule is O=C(Cc1cccc(F)c1)Nc1cccc(F)n1. The topological polar surface area (TPSA) is 42.0 Å². The van der Waals surface area contributed by atoms with Gasteiger partial charge in [0.05, 0.1) is 6.42 Å². The van der Waals surface area contributed by atoms with Crippen LogP contribution in [-0.4, -0.2) is 10.9 Å². The van der Waals surface area contributed by atoms with E-state index in [4.69, 9.17) is 0 Å². The second-order valence-corrected chi connectivity index (χ2v) is 3.70. The van der Waals surface area contributed by atoms with Gasteiger partial charge in [-0.25, -0.2) is 9.37 Å². The Morgan fingerprint density at radius 3 is 2.67 bits per heavy atom. The van der Waals surface area contributed by atoms with Crippen LogP contribution in [0.4, 0.5) is 14.6 Å². The van der Waals surface area contributed by atoms with Gasteiger partial charge in [-0.2, -0.15) is 4.39 Å². The maximum atomic E-state index is 12.9. The van der Waals surface area contributed by atoms with E-state index in [0.29, 0.717) is 5.56 Å². The first-order chi connectivity index (χ1) is 8.63. The molecule has 0 aliphatic heterocycles. The molecule has 1 heterocycles. The monoisotopic (exact) mass is 248 g/mol. The molecule has 1 aromatic carbocycles. The number of hydrogen-bond acceptors (Lipinski definition) is 2. The number of carbonyl (C=O) groups is 1. The van der Waals surface area contributed by atoms with Crippen molar-refractivity contribution in [2.24, 2.45) is 0 Å². The molecular weight excluding hydrogens is 238 g/mol. The summed E-state index contributed by atoms with van der Waals surface area (Å²) in [5.41, 5.74) is 0.545. The van der Waals surface area contributed by atoms with E-state index >= 15 is 0 Å². The molecule has 2 rings (SSSR count). The first-order valence-electron chi connectivity index (χ1n) is 5.30. The van der Waals surface area contributed by atoms with Crippen LogP contribution in [0.15, 0.2) is 42.5 Å². The summed E-state index contributed by atoms with van der Waals surface area (Å²) in [7, 11) is 0. The number of nitrogens with zero attached hydrogens (tertiary/aromatic N) is 1.